The maximum Gasteiger partial charge on any atom is 0.331 e. The van der Waals surface area contributed by atoms with Crippen molar-refractivity contribution in [3.8, 4) is 5.88 Å². The molecule has 2 aromatic rings. The first-order chi connectivity index (χ1) is 12.5. The summed E-state index contributed by atoms with van der Waals surface area (Å²) in [5.41, 5.74) is -0.356. The Hall–Kier alpha value is -2.63. The number of H-pyrrole nitrogens is 1. The summed E-state index contributed by atoms with van der Waals surface area (Å²) in [6.07, 6.45) is 4.71. The second-order valence-electron chi connectivity index (χ2n) is 7.18. The number of hydrogen-bond acceptors (Lipinski definition) is 4. The van der Waals surface area contributed by atoms with E-state index in [1.54, 1.807) is 0 Å². The fourth-order valence-corrected chi connectivity index (χ4v) is 3.54. The summed E-state index contributed by atoms with van der Waals surface area (Å²) < 4.78 is 1.16. The Morgan fingerprint density at radius 1 is 1.23 bits per heavy atom. The molecule has 1 aliphatic carbocycles. The summed E-state index contributed by atoms with van der Waals surface area (Å²) in [6, 6.07) is 9.44. The summed E-state index contributed by atoms with van der Waals surface area (Å²) in [7, 11) is 0. The van der Waals surface area contributed by atoms with Crippen molar-refractivity contribution in [1.82, 2.24) is 9.55 Å². The van der Waals surface area contributed by atoms with Crippen LogP contribution in [0.5, 0.6) is 5.88 Å². The molecule has 3 unspecified atom stereocenters. The molecule has 138 valence electrons. The van der Waals surface area contributed by atoms with Crippen LogP contribution in [0, 0.1) is 11.8 Å². The van der Waals surface area contributed by atoms with Gasteiger partial charge in [0.15, 0.2) is 0 Å². The third kappa shape index (κ3) is 3.79. The third-order valence-electron chi connectivity index (χ3n) is 5.45. The van der Waals surface area contributed by atoms with Gasteiger partial charge in [-0.1, -0.05) is 57.0 Å². The molecule has 2 N–H and O–H groups in total. The van der Waals surface area contributed by atoms with Gasteiger partial charge in [0.05, 0.1) is 12.6 Å². The lowest BCUT2D eigenvalue weighted by atomic mass is 9.78. The lowest BCUT2D eigenvalue weighted by molar-refractivity contribution is 0.242. The molecule has 3 atom stereocenters. The Kier molecular flexibility index (Phi) is 5.40. The lowest BCUT2D eigenvalue weighted by Crippen LogP contribution is -2.33. The predicted octanol–water partition coefficient (Wildman–Crippen LogP) is 2.53. The average molecular weight is 355 g/mol. The fourth-order valence-electron chi connectivity index (χ4n) is 3.54. The Bertz CT molecular complexity index is 899. The number of rotatable bonds is 4. The monoisotopic (exact) mass is 355 g/mol. The van der Waals surface area contributed by atoms with Gasteiger partial charge in [0.1, 0.15) is 5.56 Å². The Morgan fingerprint density at radius 2 is 1.96 bits per heavy atom. The summed E-state index contributed by atoms with van der Waals surface area (Å²) in [5, 5.41) is 10.5. The van der Waals surface area contributed by atoms with Crippen LogP contribution in [0.1, 0.15) is 44.2 Å². The van der Waals surface area contributed by atoms with Gasteiger partial charge in [-0.2, -0.15) is 0 Å². The number of nitrogens with one attached hydrogen (secondary N) is 1. The molecule has 0 radical (unpaired) electrons. The molecule has 1 aliphatic rings. The molecule has 1 heterocycles. The van der Waals surface area contributed by atoms with Gasteiger partial charge in [0.2, 0.25) is 5.88 Å². The number of aromatic nitrogens is 2. The summed E-state index contributed by atoms with van der Waals surface area (Å²) >= 11 is 0. The van der Waals surface area contributed by atoms with Crippen molar-refractivity contribution < 1.29 is 5.11 Å². The smallest absolute Gasteiger partial charge is 0.331 e. The zero-order chi connectivity index (χ0) is 18.7. The van der Waals surface area contributed by atoms with E-state index in [1.165, 1.54) is 12.6 Å². The van der Waals surface area contributed by atoms with Gasteiger partial charge in [0, 0.05) is 6.21 Å². The van der Waals surface area contributed by atoms with Crippen molar-refractivity contribution in [3.05, 3.63) is 62.3 Å². The van der Waals surface area contributed by atoms with Crippen LogP contribution in [0.15, 0.2) is 44.9 Å². The molecular weight excluding hydrogens is 330 g/mol. The molecule has 1 aromatic carbocycles. The topological polar surface area (TPSA) is 87.4 Å². The molecule has 0 saturated heterocycles. The van der Waals surface area contributed by atoms with E-state index < -0.39 is 11.2 Å². The van der Waals surface area contributed by atoms with E-state index in [0.29, 0.717) is 11.8 Å². The Balaban J connectivity index is 1.92. The maximum atomic E-state index is 12.2. The molecule has 0 aliphatic heterocycles. The highest BCUT2D eigenvalue weighted by molar-refractivity contribution is 5.82. The minimum Gasteiger partial charge on any atom is -0.494 e. The fraction of sp³-hybridized carbons (Fsp3) is 0.450. The zero-order valence-corrected chi connectivity index (χ0v) is 15.2. The molecule has 0 amide bonds. The average Bonchev–Trinajstić information content (AvgIpc) is 2.62. The molecule has 3 rings (SSSR count). The standard InChI is InChI=1S/C20H25N3O3/c1-13-7-6-10-17(14(13)2)21-11-16-18(24)22-20(26)23(19(16)25)12-15-8-4-3-5-9-15/h3-5,8-9,11,13-14,17,25H,6-7,10,12H2,1-2H3,(H,22,24,26). The molecule has 26 heavy (non-hydrogen) atoms. The number of aliphatic imine (C=N–C) groups is 1. The van der Waals surface area contributed by atoms with Crippen molar-refractivity contribution in [3.63, 3.8) is 0 Å². The largest absolute Gasteiger partial charge is 0.494 e. The van der Waals surface area contributed by atoms with Gasteiger partial charge >= 0.3 is 5.69 Å². The highest BCUT2D eigenvalue weighted by Gasteiger charge is 2.26. The first kappa shape index (κ1) is 18.2. The van der Waals surface area contributed by atoms with E-state index >= 15 is 0 Å². The Morgan fingerprint density at radius 3 is 2.69 bits per heavy atom. The highest BCUT2D eigenvalue weighted by atomic mass is 16.3. The van der Waals surface area contributed by atoms with Crippen LogP contribution in [-0.2, 0) is 6.54 Å². The lowest BCUT2D eigenvalue weighted by Gasteiger charge is -2.31. The summed E-state index contributed by atoms with van der Waals surface area (Å²) in [6.45, 7) is 4.57. The van der Waals surface area contributed by atoms with E-state index in [4.69, 9.17) is 0 Å². The van der Waals surface area contributed by atoms with Gasteiger partial charge in [-0.3, -0.25) is 19.3 Å². The second kappa shape index (κ2) is 7.72. The van der Waals surface area contributed by atoms with Gasteiger partial charge in [0.25, 0.3) is 5.56 Å². The van der Waals surface area contributed by atoms with E-state index in [-0.39, 0.29) is 24.0 Å². The SMILES string of the molecule is CC1CCCC(N=Cc2c(O)n(Cc3ccccc3)c(=O)[nH]c2=O)C1C. The van der Waals surface area contributed by atoms with Gasteiger partial charge in [-0.25, -0.2) is 4.79 Å². The van der Waals surface area contributed by atoms with E-state index in [9.17, 15) is 14.7 Å². The van der Waals surface area contributed by atoms with Crippen molar-refractivity contribution in [2.24, 2.45) is 16.8 Å². The quantitative estimate of drug-likeness (QED) is 0.826. The highest BCUT2D eigenvalue weighted by Crippen LogP contribution is 2.31. The van der Waals surface area contributed by atoms with Gasteiger partial charge in [-0.15, -0.1) is 0 Å². The molecule has 1 saturated carbocycles. The molecule has 6 heteroatoms. The van der Waals surface area contributed by atoms with Crippen LogP contribution < -0.4 is 11.2 Å². The number of nitrogens with zero attached hydrogens (tertiary/aromatic N) is 2. The molecule has 1 fully saturated rings. The Labute approximate surface area is 152 Å². The van der Waals surface area contributed by atoms with Crippen LogP contribution in [-0.4, -0.2) is 26.9 Å². The third-order valence-corrected chi connectivity index (χ3v) is 5.45. The number of aromatic hydroxyl groups is 1. The number of benzene rings is 1. The van der Waals surface area contributed by atoms with Crippen LogP contribution in [0.2, 0.25) is 0 Å². The maximum absolute atomic E-state index is 12.2. The van der Waals surface area contributed by atoms with E-state index in [1.807, 2.05) is 30.3 Å². The first-order valence-electron chi connectivity index (χ1n) is 9.10. The molecule has 6 nitrogen and oxygen atoms in total. The molecule has 0 spiro atoms. The second-order valence-corrected chi connectivity index (χ2v) is 7.18. The van der Waals surface area contributed by atoms with E-state index in [0.717, 1.165) is 23.0 Å². The molecule has 0 bridgehead atoms. The van der Waals surface area contributed by atoms with E-state index in [2.05, 4.69) is 23.8 Å². The van der Waals surface area contributed by atoms with Crippen LogP contribution in [0.4, 0.5) is 0 Å². The number of hydrogen-bond donors (Lipinski definition) is 2. The molecule has 1 aromatic heterocycles. The molecular formula is C20H25N3O3. The van der Waals surface area contributed by atoms with Crippen molar-refractivity contribution >= 4 is 6.21 Å². The minimum atomic E-state index is -0.631. The normalized spacial score (nSPS) is 23.4. The number of aromatic amines is 1. The van der Waals surface area contributed by atoms with Gasteiger partial charge < -0.3 is 5.11 Å². The summed E-state index contributed by atoms with van der Waals surface area (Å²) in [5.74, 6) is 0.670. The first-order valence-corrected chi connectivity index (χ1v) is 9.10. The van der Waals surface area contributed by atoms with Crippen LogP contribution in [0.3, 0.4) is 0 Å². The van der Waals surface area contributed by atoms with Crippen LogP contribution >= 0.6 is 0 Å². The zero-order valence-electron chi connectivity index (χ0n) is 15.2. The van der Waals surface area contributed by atoms with Crippen molar-refractivity contribution in [2.75, 3.05) is 0 Å². The van der Waals surface area contributed by atoms with Crippen molar-refractivity contribution in [2.45, 2.75) is 45.7 Å². The van der Waals surface area contributed by atoms with Crippen molar-refractivity contribution in [1.29, 1.82) is 0 Å². The van der Waals surface area contributed by atoms with Crippen LogP contribution in [0.25, 0.3) is 0 Å². The summed E-state index contributed by atoms with van der Waals surface area (Å²) in [4.78, 5) is 31.1. The minimum absolute atomic E-state index is 0.0333. The predicted molar refractivity (Wildman–Crippen MR) is 102 cm³/mol. The van der Waals surface area contributed by atoms with Gasteiger partial charge in [-0.05, 0) is 23.8 Å².